The number of methoxy groups -OCH3 is 1. The van der Waals surface area contributed by atoms with Gasteiger partial charge < -0.3 is 14.8 Å². The zero-order chi connectivity index (χ0) is 17.7. The Kier molecular flexibility index (Phi) is 3.28. The van der Waals surface area contributed by atoms with E-state index in [1.807, 2.05) is 0 Å². The summed E-state index contributed by atoms with van der Waals surface area (Å²) < 4.78 is 11.6. The maximum atomic E-state index is 12.5. The second-order valence-corrected chi connectivity index (χ2v) is 5.88. The molecule has 0 radical (unpaired) electrons. The zero-order valence-corrected chi connectivity index (χ0v) is 13.6. The Labute approximate surface area is 141 Å². The number of carbonyl (C=O) groups is 1. The number of hydrogen-bond acceptors (Lipinski definition) is 6. The molecule has 2 aliphatic heterocycles. The molecule has 0 spiro atoms. The van der Waals surface area contributed by atoms with Crippen molar-refractivity contribution in [3.63, 3.8) is 0 Å². The molecule has 1 aromatic carbocycles. The summed E-state index contributed by atoms with van der Waals surface area (Å²) in [5, 5.41) is 3.01. The Hall–Kier alpha value is -3.29. The van der Waals surface area contributed by atoms with Gasteiger partial charge in [0.25, 0.3) is 5.56 Å². The lowest BCUT2D eigenvalue weighted by molar-refractivity contribution is -0.136. The van der Waals surface area contributed by atoms with E-state index in [0.717, 1.165) is 5.56 Å². The highest BCUT2D eigenvalue weighted by Crippen LogP contribution is 2.42. The Morgan fingerprint density at radius 1 is 1.20 bits per heavy atom. The highest BCUT2D eigenvalue weighted by atomic mass is 16.5. The van der Waals surface area contributed by atoms with Gasteiger partial charge in [-0.2, -0.15) is 0 Å². The number of aromatic nitrogens is 2. The molecule has 1 unspecified atom stereocenters. The molecule has 2 aromatic rings. The van der Waals surface area contributed by atoms with E-state index < -0.39 is 23.1 Å². The van der Waals surface area contributed by atoms with Crippen molar-refractivity contribution in [3.05, 3.63) is 67.5 Å². The highest BCUT2D eigenvalue weighted by molar-refractivity contribution is 5.96. The van der Waals surface area contributed by atoms with Crippen LogP contribution in [-0.2, 0) is 16.6 Å². The van der Waals surface area contributed by atoms with E-state index in [4.69, 9.17) is 9.47 Å². The zero-order valence-electron chi connectivity index (χ0n) is 13.6. The Balaban J connectivity index is 2.00. The van der Waals surface area contributed by atoms with Crippen LogP contribution in [-0.4, -0.2) is 29.2 Å². The van der Waals surface area contributed by atoms with Crippen LogP contribution < -0.4 is 21.3 Å². The van der Waals surface area contributed by atoms with Gasteiger partial charge in [-0.15, -0.1) is 0 Å². The number of esters is 1. The van der Waals surface area contributed by atoms with Crippen molar-refractivity contribution >= 4 is 11.8 Å². The second kappa shape index (κ2) is 5.37. The van der Waals surface area contributed by atoms with Gasteiger partial charge in [-0.05, 0) is 17.7 Å². The minimum atomic E-state index is -0.622. The average Bonchev–Trinajstić information content (AvgIpc) is 2.99. The van der Waals surface area contributed by atoms with E-state index in [1.54, 1.807) is 38.4 Å². The maximum Gasteiger partial charge on any atom is 0.337 e. The van der Waals surface area contributed by atoms with E-state index in [9.17, 15) is 14.4 Å². The molecule has 1 aromatic heterocycles. The molecule has 0 saturated carbocycles. The standard InChI is InChI=1S/C17H15N3O5/c1-20-14-13(15(21)19-17(20)23)11(8-3-5-9(24-2)6-4-8)12-10(18-14)7-25-16(12)22/h3-6,11,18H,7H2,1-2H3,(H,19,21,23). The summed E-state index contributed by atoms with van der Waals surface area (Å²) in [6.45, 7) is 0.0846. The fourth-order valence-electron chi connectivity index (χ4n) is 3.29. The molecule has 0 bridgehead atoms. The van der Waals surface area contributed by atoms with E-state index in [0.29, 0.717) is 28.4 Å². The minimum Gasteiger partial charge on any atom is -0.497 e. The first-order valence-electron chi connectivity index (χ1n) is 7.65. The number of H-pyrrole nitrogens is 1. The van der Waals surface area contributed by atoms with Gasteiger partial charge in [0.1, 0.15) is 18.2 Å². The molecular formula is C17H15N3O5. The SMILES string of the molecule is COc1ccc(C2C3=C(COC3=O)Nc3c2c(=O)[nH]c(=O)n3C)cc1. The second-order valence-electron chi connectivity index (χ2n) is 5.88. The molecule has 2 N–H and O–H groups in total. The summed E-state index contributed by atoms with van der Waals surface area (Å²) in [5.74, 6) is -0.0629. The molecule has 128 valence electrons. The number of fused-ring (bicyclic) bond motifs is 1. The van der Waals surface area contributed by atoms with Crippen molar-refractivity contribution in [1.29, 1.82) is 0 Å². The van der Waals surface area contributed by atoms with Crippen molar-refractivity contribution in [2.24, 2.45) is 7.05 Å². The third kappa shape index (κ3) is 2.18. The van der Waals surface area contributed by atoms with Crippen LogP contribution >= 0.6 is 0 Å². The number of benzene rings is 1. The number of nitrogens with zero attached hydrogens (tertiary/aromatic N) is 1. The van der Waals surface area contributed by atoms with Crippen molar-refractivity contribution in [2.75, 3.05) is 19.0 Å². The summed E-state index contributed by atoms with van der Waals surface area (Å²) in [6, 6.07) is 7.10. The summed E-state index contributed by atoms with van der Waals surface area (Å²) in [4.78, 5) is 39.0. The lowest BCUT2D eigenvalue weighted by Crippen LogP contribution is -2.37. The molecule has 0 fully saturated rings. The number of ether oxygens (including phenoxy) is 2. The number of rotatable bonds is 2. The lowest BCUT2D eigenvalue weighted by Gasteiger charge is -2.27. The fraction of sp³-hybridized carbons (Fsp3) is 0.235. The lowest BCUT2D eigenvalue weighted by atomic mass is 9.83. The van der Waals surface area contributed by atoms with Crippen LogP contribution in [0.1, 0.15) is 17.0 Å². The van der Waals surface area contributed by atoms with Gasteiger partial charge in [0.2, 0.25) is 0 Å². The number of aromatic amines is 1. The van der Waals surface area contributed by atoms with Gasteiger partial charge in [0, 0.05) is 7.05 Å². The first-order valence-corrected chi connectivity index (χ1v) is 7.65. The predicted octanol–water partition coefficient (Wildman–Crippen LogP) is 0.450. The maximum absolute atomic E-state index is 12.5. The Bertz CT molecular complexity index is 1030. The first-order chi connectivity index (χ1) is 12.0. The van der Waals surface area contributed by atoms with Crippen molar-refractivity contribution < 1.29 is 14.3 Å². The molecule has 8 nitrogen and oxygen atoms in total. The van der Waals surface area contributed by atoms with Crippen LogP contribution in [0.3, 0.4) is 0 Å². The largest absolute Gasteiger partial charge is 0.497 e. The van der Waals surface area contributed by atoms with Crippen molar-refractivity contribution in [3.8, 4) is 5.75 Å². The van der Waals surface area contributed by atoms with Crippen molar-refractivity contribution in [1.82, 2.24) is 9.55 Å². The van der Waals surface area contributed by atoms with Gasteiger partial charge in [-0.3, -0.25) is 14.3 Å². The van der Waals surface area contributed by atoms with E-state index in [1.165, 1.54) is 4.57 Å². The number of anilines is 1. The van der Waals surface area contributed by atoms with Crippen LogP contribution in [0.25, 0.3) is 0 Å². The molecular weight excluding hydrogens is 326 g/mol. The number of carbonyl (C=O) groups excluding carboxylic acids is 1. The predicted molar refractivity (Wildman–Crippen MR) is 88.7 cm³/mol. The molecule has 3 heterocycles. The van der Waals surface area contributed by atoms with Crippen LogP contribution in [0.15, 0.2) is 45.1 Å². The third-order valence-corrected chi connectivity index (χ3v) is 4.55. The highest BCUT2D eigenvalue weighted by Gasteiger charge is 2.41. The van der Waals surface area contributed by atoms with Gasteiger partial charge >= 0.3 is 11.7 Å². The number of nitrogens with one attached hydrogen (secondary N) is 2. The normalized spacial score (nSPS) is 18.3. The molecule has 2 aliphatic rings. The van der Waals surface area contributed by atoms with Crippen LogP contribution in [0.4, 0.5) is 5.82 Å². The average molecular weight is 341 g/mol. The topological polar surface area (TPSA) is 102 Å². The quantitative estimate of drug-likeness (QED) is 0.769. The number of hydrogen-bond donors (Lipinski definition) is 2. The van der Waals surface area contributed by atoms with Crippen LogP contribution in [0, 0.1) is 0 Å². The Morgan fingerprint density at radius 2 is 1.92 bits per heavy atom. The Morgan fingerprint density at radius 3 is 2.60 bits per heavy atom. The van der Waals surface area contributed by atoms with Gasteiger partial charge in [-0.25, -0.2) is 9.59 Å². The van der Waals surface area contributed by atoms with E-state index >= 15 is 0 Å². The molecule has 8 heteroatoms. The van der Waals surface area contributed by atoms with E-state index in [-0.39, 0.29) is 6.61 Å². The minimum absolute atomic E-state index is 0.0846. The molecule has 0 aliphatic carbocycles. The summed E-state index contributed by atoms with van der Waals surface area (Å²) in [7, 11) is 3.11. The van der Waals surface area contributed by atoms with Crippen LogP contribution in [0.5, 0.6) is 5.75 Å². The van der Waals surface area contributed by atoms with E-state index in [2.05, 4.69) is 10.3 Å². The first kappa shape index (κ1) is 15.3. The fourth-order valence-corrected chi connectivity index (χ4v) is 3.29. The molecule has 0 saturated heterocycles. The van der Waals surface area contributed by atoms with Gasteiger partial charge in [-0.1, -0.05) is 12.1 Å². The van der Waals surface area contributed by atoms with Crippen LogP contribution in [0.2, 0.25) is 0 Å². The molecule has 4 rings (SSSR count). The number of cyclic esters (lactones) is 1. The molecule has 0 amide bonds. The monoisotopic (exact) mass is 341 g/mol. The van der Waals surface area contributed by atoms with Gasteiger partial charge in [0.05, 0.1) is 29.9 Å². The molecule has 25 heavy (non-hydrogen) atoms. The van der Waals surface area contributed by atoms with Crippen molar-refractivity contribution in [2.45, 2.75) is 5.92 Å². The third-order valence-electron chi connectivity index (χ3n) is 4.55. The van der Waals surface area contributed by atoms with Gasteiger partial charge in [0.15, 0.2) is 0 Å². The summed E-state index contributed by atoms with van der Waals surface area (Å²) in [5.41, 5.74) is 0.946. The smallest absolute Gasteiger partial charge is 0.337 e. The summed E-state index contributed by atoms with van der Waals surface area (Å²) >= 11 is 0. The summed E-state index contributed by atoms with van der Waals surface area (Å²) in [6.07, 6.45) is 0. The molecule has 1 atom stereocenters.